The van der Waals surface area contributed by atoms with Gasteiger partial charge in [0.25, 0.3) is 0 Å². The van der Waals surface area contributed by atoms with Crippen molar-refractivity contribution in [1.29, 1.82) is 0 Å². The first-order valence-corrected chi connectivity index (χ1v) is 36.4. The lowest BCUT2D eigenvalue weighted by atomic mass is 10.0. The monoisotopic (exact) mass is 1160 g/mol. The van der Waals surface area contributed by atoms with Crippen LogP contribution in [0.2, 0.25) is 0 Å². The highest BCUT2D eigenvalue weighted by Crippen LogP contribution is 2.19. The Hall–Kier alpha value is -3.15. The lowest BCUT2D eigenvalue weighted by Crippen LogP contribution is -2.30. The molecule has 0 aromatic heterocycles. The first kappa shape index (κ1) is 79.8. The van der Waals surface area contributed by atoms with Gasteiger partial charge in [-0.1, -0.05) is 376 Å². The van der Waals surface area contributed by atoms with Crippen LogP contribution in [-0.4, -0.2) is 37.2 Å². The molecule has 0 rings (SSSR count). The second-order valence-corrected chi connectivity index (χ2v) is 24.5. The van der Waals surface area contributed by atoms with E-state index >= 15 is 0 Å². The summed E-state index contributed by atoms with van der Waals surface area (Å²) >= 11 is 0. The quantitative estimate of drug-likeness (QED) is 0.0261. The zero-order valence-electron chi connectivity index (χ0n) is 55.5. The summed E-state index contributed by atoms with van der Waals surface area (Å²) in [6, 6.07) is 0. The average molecular weight is 1160 g/mol. The minimum atomic E-state index is -0.814. The summed E-state index contributed by atoms with van der Waals surface area (Å²) in [5, 5.41) is 0. The van der Waals surface area contributed by atoms with E-state index in [4.69, 9.17) is 14.2 Å². The number of unbranched alkanes of at least 4 members (excludes halogenated alkanes) is 44. The molecule has 0 heterocycles. The topological polar surface area (TPSA) is 78.9 Å². The maximum atomic E-state index is 12.9. The Balaban J connectivity index is 4.11. The van der Waals surface area contributed by atoms with Crippen molar-refractivity contribution in [3.63, 3.8) is 0 Å². The van der Waals surface area contributed by atoms with Gasteiger partial charge in [0.1, 0.15) is 13.2 Å². The average Bonchev–Trinajstić information content (AvgIpc) is 3.48. The fraction of sp³-hybridized carbons (Fsp3) is 0.805. The molecule has 83 heavy (non-hydrogen) atoms. The molecule has 0 bridgehead atoms. The molecule has 0 spiro atoms. The van der Waals surface area contributed by atoms with Gasteiger partial charge in [-0.05, 0) is 57.8 Å². The molecule has 0 aliphatic heterocycles. The molecule has 1 atom stereocenters. The highest BCUT2D eigenvalue weighted by Gasteiger charge is 2.19. The number of carbonyl (C=O) groups excluding carboxylic acids is 3. The van der Waals surface area contributed by atoms with Crippen molar-refractivity contribution in [2.75, 3.05) is 13.2 Å². The van der Waals surface area contributed by atoms with Gasteiger partial charge in [-0.2, -0.15) is 0 Å². The summed E-state index contributed by atoms with van der Waals surface area (Å²) < 4.78 is 16.9. The molecule has 0 saturated heterocycles. The number of carbonyl (C=O) groups is 3. The van der Waals surface area contributed by atoms with Gasteiger partial charge in [0.2, 0.25) is 0 Å². The summed E-state index contributed by atoms with van der Waals surface area (Å²) in [7, 11) is 0. The van der Waals surface area contributed by atoms with E-state index in [-0.39, 0.29) is 37.5 Å². The van der Waals surface area contributed by atoms with Gasteiger partial charge in [0, 0.05) is 19.3 Å². The predicted molar refractivity (Wildman–Crippen MR) is 362 cm³/mol. The Bertz CT molecular complexity index is 1520. The summed E-state index contributed by atoms with van der Waals surface area (Å²) in [6.07, 6.45) is 94.2. The fourth-order valence-corrected chi connectivity index (χ4v) is 10.8. The molecule has 0 fully saturated rings. The third-order valence-corrected chi connectivity index (χ3v) is 16.2. The van der Waals surface area contributed by atoms with Crippen LogP contribution in [0.25, 0.3) is 0 Å². The molecule has 6 heteroatoms. The Morgan fingerprint density at radius 3 is 0.711 bits per heavy atom. The van der Waals surface area contributed by atoms with Crippen LogP contribution in [0.4, 0.5) is 0 Å². The fourth-order valence-electron chi connectivity index (χ4n) is 10.8. The SMILES string of the molecule is CC/C=C\C/C=C\C/C=C\C/C=C\C/C=C\C/C=C\CCC(=O)OC(COC(=O)CCCCCCCCCCCCC)COC(=O)CCCCCCCCCCCCCCCCCCCCCCCCCCCCCCCCCCCCC. The number of esters is 3. The van der Waals surface area contributed by atoms with Crippen LogP contribution in [0.3, 0.4) is 0 Å². The number of ether oxygens (including phenoxy) is 3. The van der Waals surface area contributed by atoms with E-state index in [0.29, 0.717) is 19.3 Å². The lowest BCUT2D eigenvalue weighted by molar-refractivity contribution is -0.166. The summed E-state index contributed by atoms with van der Waals surface area (Å²) in [5.41, 5.74) is 0. The second kappa shape index (κ2) is 71.3. The molecular weight excluding hydrogens is 1020 g/mol. The van der Waals surface area contributed by atoms with E-state index in [1.807, 2.05) is 6.08 Å². The molecule has 6 nitrogen and oxygen atoms in total. The maximum absolute atomic E-state index is 12.9. The van der Waals surface area contributed by atoms with Crippen LogP contribution < -0.4 is 0 Å². The number of hydrogen-bond acceptors (Lipinski definition) is 6. The Kier molecular flexibility index (Phi) is 68.6. The minimum absolute atomic E-state index is 0.101. The standard InChI is InChI=1S/C77H138O6/c1-4-7-10-13-16-19-22-24-26-28-30-31-32-33-34-35-36-37-38-39-40-41-42-43-44-45-47-48-50-52-55-58-61-64-67-70-76(79)82-73-74(72-81-75(78)69-66-63-60-57-54-21-18-15-12-9-6-3)83-77(80)71-68-65-62-59-56-53-51-49-46-29-27-25-23-20-17-14-11-8-5-2/h8,11,17,20,25,27,46,49,53,56,62,65,74H,4-7,9-10,12-16,18-19,21-24,26,28-45,47-48,50-52,54-55,57-61,63-64,66-73H2,1-3H3/b11-8-,20-17-,27-25-,49-46-,56-53-,65-62-. The third-order valence-electron chi connectivity index (χ3n) is 16.2. The van der Waals surface area contributed by atoms with Crippen LogP contribution in [0.5, 0.6) is 0 Å². The molecule has 0 aromatic rings. The highest BCUT2D eigenvalue weighted by molar-refractivity contribution is 5.71. The van der Waals surface area contributed by atoms with E-state index in [1.165, 1.54) is 257 Å². The Morgan fingerprint density at radius 1 is 0.253 bits per heavy atom. The Labute approximate surface area is 516 Å². The normalized spacial score (nSPS) is 12.5. The van der Waals surface area contributed by atoms with Gasteiger partial charge >= 0.3 is 17.9 Å². The molecule has 0 saturated carbocycles. The molecule has 0 aromatic carbocycles. The smallest absolute Gasteiger partial charge is 0.306 e. The van der Waals surface area contributed by atoms with Gasteiger partial charge in [0.15, 0.2) is 6.10 Å². The van der Waals surface area contributed by atoms with Crippen molar-refractivity contribution >= 4 is 17.9 Å². The summed E-state index contributed by atoms with van der Waals surface area (Å²) in [5.74, 6) is -0.968. The second-order valence-electron chi connectivity index (χ2n) is 24.5. The largest absolute Gasteiger partial charge is 0.462 e. The number of hydrogen-bond donors (Lipinski definition) is 0. The first-order valence-electron chi connectivity index (χ1n) is 36.4. The van der Waals surface area contributed by atoms with Crippen molar-refractivity contribution < 1.29 is 28.6 Å². The molecule has 482 valence electrons. The van der Waals surface area contributed by atoms with Crippen LogP contribution >= 0.6 is 0 Å². The lowest BCUT2D eigenvalue weighted by Gasteiger charge is -2.18. The number of rotatable bonds is 67. The first-order chi connectivity index (χ1) is 41.0. The van der Waals surface area contributed by atoms with Crippen molar-refractivity contribution in [2.24, 2.45) is 0 Å². The summed E-state index contributed by atoms with van der Waals surface area (Å²) in [4.78, 5) is 38.3. The zero-order chi connectivity index (χ0) is 59.9. The Morgan fingerprint density at radius 2 is 0.470 bits per heavy atom. The van der Waals surface area contributed by atoms with Crippen molar-refractivity contribution in [3.05, 3.63) is 72.9 Å². The van der Waals surface area contributed by atoms with Crippen molar-refractivity contribution in [1.82, 2.24) is 0 Å². The maximum Gasteiger partial charge on any atom is 0.306 e. The number of allylic oxidation sites excluding steroid dienone is 12. The van der Waals surface area contributed by atoms with Crippen LogP contribution in [0, 0.1) is 0 Å². The van der Waals surface area contributed by atoms with Gasteiger partial charge in [0.05, 0.1) is 0 Å². The van der Waals surface area contributed by atoms with E-state index < -0.39 is 6.10 Å². The van der Waals surface area contributed by atoms with Gasteiger partial charge in [-0.15, -0.1) is 0 Å². The molecule has 0 N–H and O–H groups in total. The molecular formula is C77H138O6. The minimum Gasteiger partial charge on any atom is -0.462 e. The molecule has 0 aliphatic rings. The van der Waals surface area contributed by atoms with Crippen LogP contribution in [0.1, 0.15) is 380 Å². The van der Waals surface area contributed by atoms with Gasteiger partial charge in [-0.25, -0.2) is 0 Å². The van der Waals surface area contributed by atoms with E-state index in [9.17, 15) is 14.4 Å². The molecule has 0 amide bonds. The predicted octanol–water partition coefficient (Wildman–Crippen LogP) is 25.2. The van der Waals surface area contributed by atoms with E-state index in [1.54, 1.807) is 0 Å². The molecule has 1 unspecified atom stereocenters. The van der Waals surface area contributed by atoms with E-state index in [0.717, 1.165) is 77.0 Å². The summed E-state index contributed by atoms with van der Waals surface area (Å²) in [6.45, 7) is 6.51. The molecule has 0 aliphatic carbocycles. The zero-order valence-corrected chi connectivity index (χ0v) is 55.5. The highest BCUT2D eigenvalue weighted by atomic mass is 16.6. The van der Waals surface area contributed by atoms with Crippen molar-refractivity contribution in [3.8, 4) is 0 Å². The van der Waals surface area contributed by atoms with Crippen LogP contribution in [0.15, 0.2) is 72.9 Å². The van der Waals surface area contributed by atoms with Gasteiger partial charge < -0.3 is 14.2 Å². The van der Waals surface area contributed by atoms with Gasteiger partial charge in [-0.3, -0.25) is 14.4 Å². The van der Waals surface area contributed by atoms with Crippen molar-refractivity contribution in [2.45, 2.75) is 386 Å². The van der Waals surface area contributed by atoms with Crippen LogP contribution in [-0.2, 0) is 28.6 Å². The van der Waals surface area contributed by atoms with E-state index in [2.05, 4.69) is 87.6 Å². The molecule has 0 radical (unpaired) electrons. The third kappa shape index (κ3) is 69.5.